The molecule has 2 rings (SSSR count). The molecule has 0 saturated heterocycles. The molecule has 0 aromatic heterocycles. The van der Waals surface area contributed by atoms with E-state index < -0.39 is 30.1 Å². The molecule has 2 N–H and O–H groups in total. The number of esters is 1. The average Bonchev–Trinajstić information content (AvgIpc) is 2.97. The number of methoxy groups -OCH3 is 1. The summed E-state index contributed by atoms with van der Waals surface area (Å²) in [6.07, 6.45) is 3.55. The van der Waals surface area contributed by atoms with Gasteiger partial charge in [0.2, 0.25) is 5.91 Å². The van der Waals surface area contributed by atoms with E-state index in [1.807, 2.05) is 0 Å². The van der Waals surface area contributed by atoms with Crippen LogP contribution in [0.3, 0.4) is 0 Å². The Morgan fingerprint density at radius 1 is 1.12 bits per heavy atom. The molecule has 0 unspecified atom stereocenters. The van der Waals surface area contributed by atoms with Gasteiger partial charge in [0.15, 0.2) is 0 Å². The summed E-state index contributed by atoms with van der Waals surface area (Å²) in [5.41, 5.74) is 0.623. The quantitative estimate of drug-likeness (QED) is 0.182. The van der Waals surface area contributed by atoms with Crippen LogP contribution in [0.5, 0.6) is 0 Å². The highest BCUT2D eigenvalue weighted by Crippen LogP contribution is 2.27. The normalized spacial score (nSPS) is 14.3. The second-order valence-electron chi connectivity index (χ2n) is 10.0. The highest BCUT2D eigenvalue weighted by Gasteiger charge is 2.28. The van der Waals surface area contributed by atoms with Gasteiger partial charge in [0.25, 0.3) is 5.91 Å². The number of amides is 4. The number of carbonyl (C=O) groups excluding carboxylic acids is 5. The molecule has 0 spiro atoms. The number of ether oxygens (including phenoxy) is 3. The van der Waals surface area contributed by atoms with Crippen molar-refractivity contribution in [2.75, 3.05) is 33.9 Å². The third kappa shape index (κ3) is 12.9. The summed E-state index contributed by atoms with van der Waals surface area (Å²) in [6.45, 7) is 2.26. The molecule has 1 atom stereocenters. The first-order chi connectivity index (χ1) is 20.1. The number of alkyl carbamates (subject to hydrolysis) is 1. The number of nitrogens with zero attached hydrogens (tertiary/aromatic N) is 2. The molecule has 12 nitrogen and oxygen atoms in total. The Bertz CT molecular complexity index is 1110. The van der Waals surface area contributed by atoms with E-state index in [1.54, 1.807) is 38.2 Å². The van der Waals surface area contributed by atoms with Crippen molar-refractivity contribution in [1.29, 1.82) is 0 Å². The highest BCUT2D eigenvalue weighted by molar-refractivity contribution is 6.40. The minimum absolute atomic E-state index is 0.000356. The van der Waals surface area contributed by atoms with Gasteiger partial charge in [-0.3, -0.25) is 9.59 Å². The van der Waals surface area contributed by atoms with Gasteiger partial charge in [-0.2, -0.15) is 4.99 Å². The van der Waals surface area contributed by atoms with Gasteiger partial charge < -0.3 is 29.7 Å². The van der Waals surface area contributed by atoms with Crippen LogP contribution in [0.4, 0.5) is 9.59 Å². The Labute approximate surface area is 251 Å². The van der Waals surface area contributed by atoms with Crippen LogP contribution in [-0.2, 0) is 35.2 Å². The van der Waals surface area contributed by atoms with Crippen LogP contribution >= 0.6 is 11.6 Å². The Balaban J connectivity index is 2.04. The maximum Gasteiger partial charge on any atom is 0.434 e. The minimum Gasteiger partial charge on any atom is -0.467 e. The van der Waals surface area contributed by atoms with Crippen molar-refractivity contribution in [1.82, 2.24) is 15.5 Å². The van der Waals surface area contributed by atoms with Gasteiger partial charge in [-0.1, -0.05) is 55.8 Å². The standard InChI is InChI=1S/C29H41ClN4O8/c1-4-31-28(38)41-16-15-34(2)25(35)14-13-23(27(37)40-3)32-26(36)24(18-20-9-6-5-7-10-20)33-29(39)42-19-21-11-8-12-22(30)17-21/h8,11-12,17,20,23H,4-7,9-10,13-16,18-19H2,1-3H3,(H,31,38)(H,32,36)/b33-24+/t23-/m0/s1. The second-order valence-corrected chi connectivity index (χ2v) is 10.5. The zero-order chi connectivity index (χ0) is 30.9. The van der Waals surface area contributed by atoms with Gasteiger partial charge in [-0.15, -0.1) is 0 Å². The summed E-state index contributed by atoms with van der Waals surface area (Å²) in [4.78, 5) is 67.7. The summed E-state index contributed by atoms with van der Waals surface area (Å²) in [5.74, 6) is -1.60. The Hall–Kier alpha value is -3.67. The van der Waals surface area contributed by atoms with Crippen LogP contribution in [0.2, 0.25) is 5.02 Å². The summed E-state index contributed by atoms with van der Waals surface area (Å²) in [5, 5.41) is 5.58. The Morgan fingerprint density at radius 3 is 2.52 bits per heavy atom. The lowest BCUT2D eigenvalue weighted by atomic mass is 9.85. The van der Waals surface area contributed by atoms with Crippen molar-refractivity contribution < 1.29 is 38.2 Å². The molecule has 1 aromatic carbocycles. The molecule has 0 heterocycles. The summed E-state index contributed by atoms with van der Waals surface area (Å²) < 4.78 is 15.1. The second kappa shape index (κ2) is 18.7. The fraction of sp³-hybridized carbons (Fsp3) is 0.586. The first-order valence-electron chi connectivity index (χ1n) is 14.1. The van der Waals surface area contributed by atoms with Crippen LogP contribution in [-0.4, -0.2) is 80.5 Å². The topological polar surface area (TPSA) is 153 Å². The largest absolute Gasteiger partial charge is 0.467 e. The highest BCUT2D eigenvalue weighted by atomic mass is 35.5. The monoisotopic (exact) mass is 608 g/mol. The van der Waals surface area contributed by atoms with E-state index in [0.717, 1.165) is 32.1 Å². The van der Waals surface area contributed by atoms with Crippen LogP contribution in [0.15, 0.2) is 29.3 Å². The van der Waals surface area contributed by atoms with Crippen LogP contribution in [0, 0.1) is 5.92 Å². The number of nitrogens with one attached hydrogen (secondary N) is 2. The first kappa shape index (κ1) is 34.5. The van der Waals surface area contributed by atoms with Crippen molar-refractivity contribution in [3.8, 4) is 0 Å². The van der Waals surface area contributed by atoms with Gasteiger partial charge in [0, 0.05) is 25.0 Å². The van der Waals surface area contributed by atoms with E-state index in [4.69, 9.17) is 25.8 Å². The van der Waals surface area contributed by atoms with E-state index in [1.165, 1.54) is 12.0 Å². The number of carbonyl (C=O) groups is 5. The lowest BCUT2D eigenvalue weighted by Gasteiger charge is -2.23. The summed E-state index contributed by atoms with van der Waals surface area (Å²) in [6, 6.07) is 5.68. The van der Waals surface area contributed by atoms with Crippen molar-refractivity contribution in [2.24, 2.45) is 10.9 Å². The van der Waals surface area contributed by atoms with E-state index in [-0.39, 0.29) is 56.6 Å². The number of halogens is 1. The van der Waals surface area contributed by atoms with Gasteiger partial charge in [-0.05, 0) is 43.4 Å². The molecule has 0 aliphatic heterocycles. The fourth-order valence-electron chi connectivity index (χ4n) is 4.45. The van der Waals surface area contributed by atoms with Crippen LogP contribution in [0.1, 0.15) is 63.9 Å². The third-order valence-electron chi connectivity index (χ3n) is 6.79. The molecule has 1 aliphatic carbocycles. The molecule has 232 valence electrons. The predicted molar refractivity (Wildman–Crippen MR) is 156 cm³/mol. The molecule has 42 heavy (non-hydrogen) atoms. The lowest BCUT2D eigenvalue weighted by molar-refractivity contribution is -0.145. The molecular formula is C29H41ClN4O8. The fourth-order valence-corrected chi connectivity index (χ4v) is 4.67. The molecule has 1 aliphatic rings. The number of benzene rings is 1. The van der Waals surface area contributed by atoms with Gasteiger partial charge in [-0.25, -0.2) is 14.4 Å². The van der Waals surface area contributed by atoms with Gasteiger partial charge in [0.05, 0.1) is 13.7 Å². The summed E-state index contributed by atoms with van der Waals surface area (Å²) >= 11 is 5.98. The van der Waals surface area contributed by atoms with Crippen molar-refractivity contribution >= 4 is 47.3 Å². The van der Waals surface area contributed by atoms with E-state index >= 15 is 0 Å². The van der Waals surface area contributed by atoms with Crippen LogP contribution in [0.25, 0.3) is 0 Å². The average molecular weight is 609 g/mol. The minimum atomic E-state index is -1.15. The maximum atomic E-state index is 13.3. The zero-order valence-corrected chi connectivity index (χ0v) is 25.2. The molecule has 1 fully saturated rings. The van der Waals surface area contributed by atoms with Crippen LogP contribution < -0.4 is 10.6 Å². The number of likely N-dealkylation sites (N-methyl/N-ethyl adjacent to an activating group) is 1. The molecule has 1 aromatic rings. The lowest BCUT2D eigenvalue weighted by Crippen LogP contribution is -2.46. The number of hydrogen-bond acceptors (Lipinski definition) is 8. The van der Waals surface area contributed by atoms with E-state index in [2.05, 4.69) is 15.6 Å². The smallest absolute Gasteiger partial charge is 0.434 e. The van der Waals surface area contributed by atoms with E-state index in [9.17, 15) is 24.0 Å². The number of hydrogen-bond donors (Lipinski definition) is 2. The molecular weight excluding hydrogens is 568 g/mol. The Kier molecular flexibility index (Phi) is 15.4. The zero-order valence-electron chi connectivity index (χ0n) is 24.5. The van der Waals surface area contributed by atoms with Gasteiger partial charge in [0.1, 0.15) is 25.0 Å². The molecule has 4 amide bonds. The van der Waals surface area contributed by atoms with Crippen molar-refractivity contribution in [3.63, 3.8) is 0 Å². The SMILES string of the molecule is CCNC(=O)OCCN(C)C(=O)CC[C@H](NC(=O)/C(CC1CCCCC1)=N/C(=O)OCc1cccc(Cl)c1)C(=O)OC. The van der Waals surface area contributed by atoms with Crippen molar-refractivity contribution in [3.05, 3.63) is 34.9 Å². The summed E-state index contributed by atoms with van der Waals surface area (Å²) in [7, 11) is 2.72. The first-order valence-corrected chi connectivity index (χ1v) is 14.5. The molecule has 13 heteroatoms. The van der Waals surface area contributed by atoms with Gasteiger partial charge >= 0.3 is 18.2 Å². The van der Waals surface area contributed by atoms with E-state index in [0.29, 0.717) is 17.1 Å². The predicted octanol–water partition coefficient (Wildman–Crippen LogP) is 4.03. The number of aliphatic imine (C=N–C) groups is 1. The Morgan fingerprint density at radius 2 is 1.86 bits per heavy atom. The maximum absolute atomic E-state index is 13.3. The molecule has 0 radical (unpaired) electrons. The molecule has 0 bridgehead atoms. The molecule has 1 saturated carbocycles. The third-order valence-corrected chi connectivity index (χ3v) is 7.03. The number of rotatable bonds is 14. The van der Waals surface area contributed by atoms with Crippen molar-refractivity contribution in [2.45, 2.75) is 70.9 Å².